The molecule has 0 aliphatic heterocycles. The van der Waals surface area contributed by atoms with Crippen LogP contribution < -0.4 is 0 Å². The predicted octanol–water partition coefficient (Wildman–Crippen LogP) is 3.84. The number of rotatable bonds is 9. The first-order valence-electron chi connectivity index (χ1n) is 5.82. The van der Waals surface area contributed by atoms with Crippen LogP contribution in [0.15, 0.2) is 24.3 Å². The van der Waals surface area contributed by atoms with Crippen LogP contribution in [-0.4, -0.2) is 11.7 Å². The summed E-state index contributed by atoms with van der Waals surface area (Å²) in [5, 5.41) is 8.54. The Morgan fingerprint density at radius 2 is 1.50 bits per heavy atom. The van der Waals surface area contributed by atoms with Crippen molar-refractivity contribution in [1.29, 1.82) is 0 Å². The van der Waals surface area contributed by atoms with Gasteiger partial charge in [0.25, 0.3) is 0 Å². The zero-order valence-corrected chi connectivity index (χ0v) is 9.41. The predicted molar refractivity (Wildman–Crippen MR) is 63.4 cm³/mol. The second-order valence-corrected chi connectivity index (χ2v) is 3.54. The first kappa shape index (κ1) is 13.4. The van der Waals surface area contributed by atoms with Crippen molar-refractivity contribution in [1.82, 2.24) is 0 Å². The van der Waals surface area contributed by atoms with Crippen molar-refractivity contribution >= 4 is 0 Å². The molecule has 0 bridgehead atoms. The summed E-state index contributed by atoms with van der Waals surface area (Å²) in [4.78, 5) is 0. The smallest absolute Gasteiger partial charge is 0.0433 e. The second kappa shape index (κ2) is 12.4. The number of unbranched alkanes of at least 4 members (excludes halogenated alkanes) is 4. The van der Waals surface area contributed by atoms with Crippen LogP contribution in [0.3, 0.4) is 0 Å². The Hall–Kier alpha value is -0.560. The molecule has 1 nitrogen and oxygen atoms in total. The van der Waals surface area contributed by atoms with Gasteiger partial charge in [-0.2, -0.15) is 0 Å². The lowest BCUT2D eigenvalue weighted by atomic mass is 10.2. The molecule has 82 valence electrons. The lowest BCUT2D eigenvalue weighted by Crippen LogP contribution is -1.77. The quantitative estimate of drug-likeness (QED) is 0.439. The molecular formula is C13H24O. The van der Waals surface area contributed by atoms with Crippen LogP contribution in [0.5, 0.6) is 0 Å². The van der Waals surface area contributed by atoms with Crippen molar-refractivity contribution in [2.45, 2.75) is 51.9 Å². The third kappa shape index (κ3) is 11.4. The van der Waals surface area contributed by atoms with E-state index in [-0.39, 0.29) is 0 Å². The van der Waals surface area contributed by atoms with Crippen molar-refractivity contribution < 1.29 is 5.11 Å². The third-order valence-electron chi connectivity index (χ3n) is 2.11. The maximum atomic E-state index is 8.54. The van der Waals surface area contributed by atoms with Crippen molar-refractivity contribution in [3.8, 4) is 0 Å². The van der Waals surface area contributed by atoms with Gasteiger partial charge in [0.2, 0.25) is 0 Å². The maximum absolute atomic E-state index is 8.54. The fourth-order valence-electron chi connectivity index (χ4n) is 1.23. The molecule has 0 aromatic carbocycles. The summed E-state index contributed by atoms with van der Waals surface area (Å²) in [6.07, 6.45) is 16.9. The monoisotopic (exact) mass is 196 g/mol. The van der Waals surface area contributed by atoms with Crippen molar-refractivity contribution in [3.63, 3.8) is 0 Å². The molecule has 14 heavy (non-hydrogen) atoms. The fourth-order valence-corrected chi connectivity index (χ4v) is 1.23. The summed E-state index contributed by atoms with van der Waals surface area (Å²) in [5.41, 5.74) is 0. The molecule has 0 saturated heterocycles. The number of aliphatic hydroxyl groups excluding tert-OH is 1. The van der Waals surface area contributed by atoms with Crippen LogP contribution in [0.2, 0.25) is 0 Å². The summed E-state index contributed by atoms with van der Waals surface area (Å²) in [5.74, 6) is 0. The Kier molecular flexibility index (Phi) is 11.9. The standard InChI is InChI=1S/C13H24O/c1-2-3-4-5-6-7-8-9-10-11-12-13-14/h6-7,9-10,14H,2-5,8,11-13H2,1H3/b7-6+,10-9+. The molecule has 0 rings (SSSR count). The van der Waals surface area contributed by atoms with E-state index >= 15 is 0 Å². The fraction of sp³-hybridized carbons (Fsp3) is 0.692. The van der Waals surface area contributed by atoms with Gasteiger partial charge in [-0.15, -0.1) is 0 Å². The molecule has 0 unspecified atom stereocenters. The Labute approximate surface area is 88.5 Å². The zero-order valence-electron chi connectivity index (χ0n) is 9.41. The Balaban J connectivity index is 3.13. The van der Waals surface area contributed by atoms with E-state index in [2.05, 4.69) is 31.2 Å². The van der Waals surface area contributed by atoms with Gasteiger partial charge in [-0.3, -0.25) is 0 Å². The molecule has 0 heterocycles. The van der Waals surface area contributed by atoms with E-state index in [1.54, 1.807) is 0 Å². The Morgan fingerprint density at radius 1 is 0.857 bits per heavy atom. The van der Waals surface area contributed by atoms with Gasteiger partial charge in [0.15, 0.2) is 0 Å². The van der Waals surface area contributed by atoms with Crippen LogP contribution >= 0.6 is 0 Å². The minimum atomic E-state index is 0.303. The molecule has 0 aliphatic rings. The topological polar surface area (TPSA) is 20.2 Å². The van der Waals surface area contributed by atoms with Gasteiger partial charge in [0.1, 0.15) is 0 Å². The summed E-state index contributed by atoms with van der Waals surface area (Å²) < 4.78 is 0. The van der Waals surface area contributed by atoms with Gasteiger partial charge >= 0.3 is 0 Å². The summed E-state index contributed by atoms with van der Waals surface area (Å²) in [7, 11) is 0. The molecule has 0 amide bonds. The molecule has 1 N–H and O–H groups in total. The minimum absolute atomic E-state index is 0.303. The van der Waals surface area contributed by atoms with E-state index in [1.165, 1.54) is 25.7 Å². The highest BCUT2D eigenvalue weighted by Gasteiger charge is 1.81. The minimum Gasteiger partial charge on any atom is -0.396 e. The number of hydrogen-bond donors (Lipinski definition) is 1. The van der Waals surface area contributed by atoms with Gasteiger partial charge in [0, 0.05) is 6.61 Å². The zero-order chi connectivity index (χ0) is 10.5. The Bertz CT molecular complexity index is 147. The third-order valence-corrected chi connectivity index (χ3v) is 2.11. The SMILES string of the molecule is CCCCC/C=C/C/C=C/CCCO. The Morgan fingerprint density at radius 3 is 2.07 bits per heavy atom. The average molecular weight is 196 g/mol. The van der Waals surface area contributed by atoms with Crippen molar-refractivity contribution in [2.75, 3.05) is 6.61 Å². The van der Waals surface area contributed by atoms with E-state index in [1.807, 2.05) is 0 Å². The highest BCUT2D eigenvalue weighted by atomic mass is 16.2. The second-order valence-electron chi connectivity index (χ2n) is 3.54. The molecule has 0 aromatic rings. The molecule has 0 fully saturated rings. The summed E-state index contributed by atoms with van der Waals surface area (Å²) in [6, 6.07) is 0. The van der Waals surface area contributed by atoms with Crippen LogP contribution in [-0.2, 0) is 0 Å². The van der Waals surface area contributed by atoms with E-state index in [0.717, 1.165) is 19.3 Å². The van der Waals surface area contributed by atoms with Gasteiger partial charge in [-0.1, -0.05) is 44.1 Å². The van der Waals surface area contributed by atoms with E-state index in [0.29, 0.717) is 6.61 Å². The van der Waals surface area contributed by atoms with Crippen LogP contribution in [0.4, 0.5) is 0 Å². The molecule has 0 saturated carbocycles. The highest BCUT2D eigenvalue weighted by molar-refractivity contribution is 4.92. The van der Waals surface area contributed by atoms with Crippen molar-refractivity contribution in [2.24, 2.45) is 0 Å². The van der Waals surface area contributed by atoms with Crippen LogP contribution in [0.25, 0.3) is 0 Å². The maximum Gasteiger partial charge on any atom is 0.0433 e. The first-order valence-corrected chi connectivity index (χ1v) is 5.82. The largest absolute Gasteiger partial charge is 0.396 e. The lowest BCUT2D eigenvalue weighted by molar-refractivity contribution is 0.289. The molecular weight excluding hydrogens is 172 g/mol. The molecule has 0 aromatic heterocycles. The highest BCUT2D eigenvalue weighted by Crippen LogP contribution is 2.00. The van der Waals surface area contributed by atoms with Crippen LogP contribution in [0, 0.1) is 0 Å². The van der Waals surface area contributed by atoms with E-state index in [9.17, 15) is 0 Å². The van der Waals surface area contributed by atoms with E-state index in [4.69, 9.17) is 5.11 Å². The van der Waals surface area contributed by atoms with Gasteiger partial charge in [-0.25, -0.2) is 0 Å². The summed E-state index contributed by atoms with van der Waals surface area (Å²) >= 11 is 0. The normalized spacial score (nSPS) is 11.9. The first-order chi connectivity index (χ1) is 6.91. The lowest BCUT2D eigenvalue weighted by Gasteiger charge is -1.91. The molecule has 0 aliphatic carbocycles. The molecule has 0 spiro atoms. The van der Waals surface area contributed by atoms with Crippen molar-refractivity contribution in [3.05, 3.63) is 24.3 Å². The van der Waals surface area contributed by atoms with Gasteiger partial charge in [0.05, 0.1) is 0 Å². The van der Waals surface area contributed by atoms with Gasteiger partial charge < -0.3 is 5.11 Å². The summed E-state index contributed by atoms with van der Waals surface area (Å²) in [6.45, 7) is 2.53. The molecule has 0 atom stereocenters. The number of hydrogen-bond acceptors (Lipinski definition) is 1. The number of aliphatic hydroxyl groups is 1. The van der Waals surface area contributed by atoms with E-state index < -0.39 is 0 Å². The number of allylic oxidation sites excluding steroid dienone is 4. The molecule has 0 radical (unpaired) electrons. The molecule has 1 heteroatoms. The average Bonchev–Trinajstić information content (AvgIpc) is 2.21. The van der Waals surface area contributed by atoms with Crippen LogP contribution in [0.1, 0.15) is 51.9 Å². The van der Waals surface area contributed by atoms with Gasteiger partial charge in [-0.05, 0) is 32.1 Å².